The van der Waals surface area contributed by atoms with Crippen molar-refractivity contribution >= 4 is 32.6 Å². The lowest BCUT2D eigenvalue weighted by atomic mass is 10.0. The van der Waals surface area contributed by atoms with Gasteiger partial charge in [-0.1, -0.05) is 18.2 Å². The summed E-state index contributed by atoms with van der Waals surface area (Å²) in [5.74, 6) is 0. The molecule has 9 nitrogen and oxygen atoms in total. The van der Waals surface area contributed by atoms with Gasteiger partial charge >= 0.3 is 0 Å². The first-order chi connectivity index (χ1) is 18.6. The molecule has 0 saturated carbocycles. The van der Waals surface area contributed by atoms with E-state index in [0.717, 1.165) is 67.1 Å². The van der Waals surface area contributed by atoms with Gasteiger partial charge in [0.1, 0.15) is 6.07 Å². The van der Waals surface area contributed by atoms with Crippen LogP contribution in [0.3, 0.4) is 0 Å². The van der Waals surface area contributed by atoms with Crippen molar-refractivity contribution in [1.29, 1.82) is 5.26 Å². The van der Waals surface area contributed by atoms with Crippen LogP contribution in [0.4, 0.5) is 5.69 Å². The number of hydrogen-bond donors (Lipinski definition) is 3. The van der Waals surface area contributed by atoms with E-state index in [0.29, 0.717) is 5.69 Å². The summed E-state index contributed by atoms with van der Waals surface area (Å²) in [4.78, 5) is 2.02. The molecule has 208 valence electrons. The number of aliphatic hydroxyl groups is 1. The first kappa shape index (κ1) is 28.8. The third-order valence-electron chi connectivity index (χ3n) is 6.98. The van der Waals surface area contributed by atoms with Gasteiger partial charge in [0.25, 0.3) is 10.0 Å². The fourth-order valence-corrected chi connectivity index (χ4v) is 6.05. The molecule has 2 aromatic carbocycles. The zero-order chi connectivity index (χ0) is 28.0. The Morgan fingerprint density at radius 3 is 2.56 bits per heavy atom. The molecule has 0 unspecified atom stereocenters. The second-order valence-electron chi connectivity index (χ2n) is 10.4. The number of nitriles is 1. The second-order valence-corrected chi connectivity index (χ2v) is 12.1. The summed E-state index contributed by atoms with van der Waals surface area (Å²) in [5.41, 5.74) is 2.68. The predicted molar refractivity (Wildman–Crippen MR) is 156 cm³/mol. The first-order valence-electron chi connectivity index (χ1n) is 13.1. The Labute approximate surface area is 230 Å². The van der Waals surface area contributed by atoms with Gasteiger partial charge in [-0.15, -0.1) is 0 Å². The lowest BCUT2D eigenvalue weighted by molar-refractivity contribution is 0.0398. The maximum Gasteiger partial charge on any atom is 0.251 e. The topological polar surface area (TPSA) is 120 Å². The summed E-state index contributed by atoms with van der Waals surface area (Å²) in [7, 11) is -2.21. The zero-order valence-electron chi connectivity index (χ0n) is 22.8. The van der Waals surface area contributed by atoms with Gasteiger partial charge in [-0.3, -0.25) is 4.90 Å². The number of morpholine rings is 1. The molecule has 0 spiro atoms. The molecule has 1 saturated heterocycles. The van der Waals surface area contributed by atoms with E-state index in [1.807, 2.05) is 29.8 Å². The fraction of sp³-hybridized carbons (Fsp3) is 0.414. The number of benzene rings is 2. The maximum atomic E-state index is 12.9. The SMILES string of the molecule is Cn1c(/C=C(\C#N)S(=O)(=O)NC(C)(C)CCO)ccc1-c1ccc2cc(NCCN3CCOCC3)ccc2c1. The standard InChI is InChI=1S/C29H37N5O4S/c1-29(2,10-15-35)32-39(36,37)27(21-30)20-26-8-9-28(33(26)3)24-5-4-23-19-25(7-6-22(23)18-24)31-11-12-34-13-16-38-17-14-34/h4-9,18-20,31-32,35H,10-17H2,1-3H3/b27-20+. The fourth-order valence-electron chi connectivity index (χ4n) is 4.71. The highest BCUT2D eigenvalue weighted by molar-refractivity contribution is 7.93. The molecule has 1 aromatic heterocycles. The minimum Gasteiger partial charge on any atom is -0.396 e. The van der Waals surface area contributed by atoms with Crippen LogP contribution >= 0.6 is 0 Å². The van der Waals surface area contributed by atoms with Gasteiger partial charge in [-0.2, -0.15) is 5.26 Å². The summed E-state index contributed by atoms with van der Waals surface area (Å²) in [6.45, 7) is 8.59. The van der Waals surface area contributed by atoms with Crippen molar-refractivity contribution < 1.29 is 18.3 Å². The highest BCUT2D eigenvalue weighted by Gasteiger charge is 2.28. The Morgan fingerprint density at radius 2 is 1.85 bits per heavy atom. The average molecular weight is 552 g/mol. The van der Waals surface area contributed by atoms with E-state index in [9.17, 15) is 18.8 Å². The molecule has 2 heterocycles. The van der Waals surface area contributed by atoms with Gasteiger partial charge in [0.15, 0.2) is 4.91 Å². The Hall–Kier alpha value is -3.20. The van der Waals surface area contributed by atoms with Crippen molar-refractivity contribution in [2.75, 3.05) is 51.3 Å². The second kappa shape index (κ2) is 12.3. The van der Waals surface area contributed by atoms with E-state index < -0.39 is 15.6 Å². The molecular formula is C29H37N5O4S. The van der Waals surface area contributed by atoms with Crippen molar-refractivity contribution in [2.45, 2.75) is 25.8 Å². The number of hydrogen-bond acceptors (Lipinski definition) is 7. The summed E-state index contributed by atoms with van der Waals surface area (Å²) in [6.07, 6.45) is 1.60. The van der Waals surface area contributed by atoms with Crippen molar-refractivity contribution in [3.05, 3.63) is 59.1 Å². The molecule has 10 heteroatoms. The number of fused-ring (bicyclic) bond motifs is 1. The molecule has 0 bridgehead atoms. The summed E-state index contributed by atoms with van der Waals surface area (Å²) in [5, 5.41) is 24.6. The summed E-state index contributed by atoms with van der Waals surface area (Å²) in [6, 6.07) is 18.1. The third kappa shape index (κ3) is 7.26. The molecule has 1 fully saturated rings. The zero-order valence-corrected chi connectivity index (χ0v) is 23.6. The molecule has 1 aliphatic heterocycles. The van der Waals surface area contributed by atoms with E-state index in [4.69, 9.17) is 4.74 Å². The Morgan fingerprint density at radius 1 is 1.13 bits per heavy atom. The van der Waals surface area contributed by atoms with Crippen LogP contribution in [0.15, 0.2) is 53.4 Å². The largest absolute Gasteiger partial charge is 0.396 e. The number of anilines is 1. The van der Waals surface area contributed by atoms with Crippen LogP contribution in [-0.2, 0) is 21.8 Å². The number of nitrogens with one attached hydrogen (secondary N) is 2. The summed E-state index contributed by atoms with van der Waals surface area (Å²) < 4.78 is 35.5. The van der Waals surface area contributed by atoms with Crippen molar-refractivity contribution in [2.24, 2.45) is 7.05 Å². The van der Waals surface area contributed by atoms with Crippen LogP contribution in [0, 0.1) is 11.3 Å². The van der Waals surface area contributed by atoms with E-state index >= 15 is 0 Å². The Bertz CT molecular complexity index is 1480. The Balaban J connectivity index is 1.50. The number of nitrogens with zero attached hydrogens (tertiary/aromatic N) is 3. The first-order valence-corrected chi connectivity index (χ1v) is 14.6. The molecule has 0 aliphatic carbocycles. The van der Waals surface area contributed by atoms with Gasteiger partial charge in [0.05, 0.1) is 13.2 Å². The predicted octanol–water partition coefficient (Wildman–Crippen LogP) is 3.53. The molecule has 0 amide bonds. The minimum absolute atomic E-state index is 0.166. The summed E-state index contributed by atoms with van der Waals surface area (Å²) >= 11 is 0. The molecule has 4 rings (SSSR count). The lowest BCUT2D eigenvalue weighted by Crippen LogP contribution is -2.44. The van der Waals surface area contributed by atoms with Gasteiger partial charge in [0, 0.05) is 62.4 Å². The van der Waals surface area contributed by atoms with Crippen LogP contribution < -0.4 is 10.0 Å². The smallest absolute Gasteiger partial charge is 0.251 e. The Kier molecular flexibility index (Phi) is 9.10. The number of ether oxygens (including phenoxy) is 1. The van der Waals surface area contributed by atoms with Crippen LogP contribution in [-0.4, -0.2) is 74.5 Å². The van der Waals surface area contributed by atoms with Crippen molar-refractivity contribution in [3.63, 3.8) is 0 Å². The lowest BCUT2D eigenvalue weighted by Gasteiger charge is -2.26. The van der Waals surface area contributed by atoms with Gasteiger partial charge < -0.3 is 19.7 Å². The molecule has 1 aliphatic rings. The normalized spacial score (nSPS) is 15.4. The van der Waals surface area contributed by atoms with E-state index in [1.165, 1.54) is 6.08 Å². The average Bonchev–Trinajstić information content (AvgIpc) is 3.26. The van der Waals surface area contributed by atoms with Gasteiger partial charge in [-0.05, 0) is 73.0 Å². The molecule has 3 N–H and O–H groups in total. The van der Waals surface area contributed by atoms with Crippen molar-refractivity contribution in [1.82, 2.24) is 14.2 Å². The number of rotatable bonds is 11. The monoisotopic (exact) mass is 551 g/mol. The van der Waals surface area contributed by atoms with Gasteiger partial charge in [-0.25, -0.2) is 13.1 Å². The van der Waals surface area contributed by atoms with E-state index in [2.05, 4.69) is 45.3 Å². The van der Waals surface area contributed by atoms with Crippen LogP contribution in [0.25, 0.3) is 28.1 Å². The van der Waals surface area contributed by atoms with E-state index in [-0.39, 0.29) is 17.9 Å². The quantitative estimate of drug-likeness (QED) is 0.312. The van der Waals surface area contributed by atoms with Crippen LogP contribution in [0.5, 0.6) is 0 Å². The number of aromatic nitrogens is 1. The highest BCUT2D eigenvalue weighted by Crippen LogP contribution is 2.28. The number of aliphatic hydroxyl groups excluding tert-OH is 1. The maximum absolute atomic E-state index is 12.9. The third-order valence-corrected chi connectivity index (χ3v) is 8.59. The minimum atomic E-state index is -4.06. The molecule has 3 aromatic rings. The number of sulfonamides is 1. The number of allylic oxidation sites excluding steroid dienone is 1. The van der Waals surface area contributed by atoms with Crippen molar-refractivity contribution in [3.8, 4) is 17.3 Å². The molecular weight excluding hydrogens is 514 g/mol. The van der Waals surface area contributed by atoms with Crippen LogP contribution in [0.2, 0.25) is 0 Å². The molecule has 0 radical (unpaired) electrons. The highest BCUT2D eigenvalue weighted by atomic mass is 32.2. The molecule has 0 atom stereocenters. The van der Waals surface area contributed by atoms with Crippen LogP contribution in [0.1, 0.15) is 26.0 Å². The van der Waals surface area contributed by atoms with Gasteiger partial charge in [0.2, 0.25) is 0 Å². The molecule has 39 heavy (non-hydrogen) atoms. The van der Waals surface area contributed by atoms with E-state index in [1.54, 1.807) is 19.9 Å².